The summed E-state index contributed by atoms with van der Waals surface area (Å²) in [5.74, 6) is -0.226. The monoisotopic (exact) mass is 521 g/mol. The van der Waals surface area contributed by atoms with Crippen molar-refractivity contribution < 1.29 is 13.2 Å². The van der Waals surface area contributed by atoms with Gasteiger partial charge in [-0.2, -0.15) is 0 Å². The molecule has 1 heterocycles. The molecule has 6 nitrogen and oxygen atoms in total. The van der Waals surface area contributed by atoms with Crippen molar-refractivity contribution in [1.82, 2.24) is 9.29 Å². The quantitative estimate of drug-likeness (QED) is 0.264. The van der Waals surface area contributed by atoms with Gasteiger partial charge in [-0.15, -0.1) is 0 Å². The van der Waals surface area contributed by atoms with Gasteiger partial charge in [0.25, 0.3) is 5.91 Å². The molecule has 0 unspecified atom stereocenters. The summed E-state index contributed by atoms with van der Waals surface area (Å²) < 4.78 is 28.2. The van der Waals surface area contributed by atoms with Gasteiger partial charge in [-0.05, 0) is 67.3 Å². The van der Waals surface area contributed by atoms with Gasteiger partial charge in [0.05, 0.1) is 21.7 Å². The molecule has 0 bridgehead atoms. The maximum atomic E-state index is 13.7. The molecule has 0 N–H and O–H groups in total. The Morgan fingerprint density at radius 2 is 1.69 bits per heavy atom. The highest BCUT2D eigenvalue weighted by molar-refractivity contribution is 7.89. The fourth-order valence-electron chi connectivity index (χ4n) is 4.07. The summed E-state index contributed by atoms with van der Waals surface area (Å²) >= 11 is 1.49. The van der Waals surface area contributed by atoms with Crippen molar-refractivity contribution in [3.63, 3.8) is 0 Å². The van der Waals surface area contributed by atoms with Crippen molar-refractivity contribution >= 4 is 42.6 Å². The largest absolute Gasteiger partial charge is 0.279 e. The molecule has 4 aromatic rings. The molecule has 3 aromatic carbocycles. The van der Waals surface area contributed by atoms with Gasteiger partial charge in [0.1, 0.15) is 0 Å². The van der Waals surface area contributed by atoms with E-state index in [-0.39, 0.29) is 10.8 Å². The molecule has 0 aliphatic rings. The van der Waals surface area contributed by atoms with Crippen LogP contribution in [0.3, 0.4) is 0 Å². The lowest BCUT2D eigenvalue weighted by molar-refractivity contribution is 0.0985. The number of sulfonamides is 1. The average Bonchev–Trinajstić information content (AvgIpc) is 3.30. The standard InChI is InChI=1S/C28H31N3O3S2/c1-5-6-16-30(4)36(33,34)24-14-12-23(13-15-24)27(32)31(19-22-10-8-7-9-11-22)28-29-26-21(3)17-20(2)18-25(26)35-28/h7-15,17-18H,5-6,16,19H2,1-4H3. The van der Waals surface area contributed by atoms with Gasteiger partial charge in [0.15, 0.2) is 5.13 Å². The SMILES string of the molecule is CCCCN(C)S(=O)(=O)c1ccc(C(=O)N(Cc2ccccc2)c2nc3c(C)cc(C)cc3s2)cc1. The Morgan fingerprint density at radius 1 is 1.00 bits per heavy atom. The predicted molar refractivity (Wildman–Crippen MR) is 147 cm³/mol. The highest BCUT2D eigenvalue weighted by Crippen LogP contribution is 2.33. The van der Waals surface area contributed by atoms with E-state index in [0.717, 1.165) is 39.7 Å². The normalized spacial score (nSPS) is 11.8. The third kappa shape index (κ3) is 5.51. The van der Waals surface area contributed by atoms with Crippen LogP contribution in [0.4, 0.5) is 5.13 Å². The molecule has 0 aliphatic carbocycles. The summed E-state index contributed by atoms with van der Waals surface area (Å²) in [5, 5.41) is 0.614. The molecule has 1 amide bonds. The Labute approximate surface area is 217 Å². The Kier molecular flexibility index (Phi) is 7.88. The van der Waals surface area contributed by atoms with E-state index in [1.165, 1.54) is 27.8 Å². The molecule has 188 valence electrons. The number of benzene rings is 3. The lowest BCUT2D eigenvalue weighted by Gasteiger charge is -2.21. The number of aromatic nitrogens is 1. The Balaban J connectivity index is 1.68. The van der Waals surface area contributed by atoms with Crippen LogP contribution in [-0.2, 0) is 16.6 Å². The number of fused-ring (bicyclic) bond motifs is 1. The number of hydrogen-bond donors (Lipinski definition) is 0. The second-order valence-electron chi connectivity index (χ2n) is 9.01. The second-order valence-corrected chi connectivity index (χ2v) is 12.1. The molecule has 0 aliphatic heterocycles. The lowest BCUT2D eigenvalue weighted by Crippen LogP contribution is -2.30. The van der Waals surface area contributed by atoms with Gasteiger partial charge in [-0.25, -0.2) is 17.7 Å². The van der Waals surface area contributed by atoms with E-state index in [1.54, 1.807) is 24.1 Å². The number of rotatable bonds is 9. The zero-order valence-corrected chi connectivity index (χ0v) is 22.7. The third-order valence-corrected chi connectivity index (χ3v) is 9.01. The molecular formula is C28H31N3O3S2. The lowest BCUT2D eigenvalue weighted by atomic mass is 10.1. The van der Waals surface area contributed by atoms with Crippen molar-refractivity contribution in [3.8, 4) is 0 Å². The van der Waals surface area contributed by atoms with Crippen LogP contribution in [0, 0.1) is 13.8 Å². The maximum absolute atomic E-state index is 13.7. The van der Waals surface area contributed by atoms with Crippen LogP contribution in [0.15, 0.2) is 71.6 Å². The van der Waals surface area contributed by atoms with Gasteiger partial charge in [-0.3, -0.25) is 9.69 Å². The number of anilines is 1. The van der Waals surface area contributed by atoms with Gasteiger partial charge in [-0.1, -0.05) is 61.1 Å². The van der Waals surface area contributed by atoms with Crippen LogP contribution in [0.1, 0.15) is 46.8 Å². The number of nitrogens with zero attached hydrogens (tertiary/aromatic N) is 3. The van der Waals surface area contributed by atoms with E-state index in [9.17, 15) is 13.2 Å². The van der Waals surface area contributed by atoms with E-state index in [0.29, 0.717) is 23.8 Å². The van der Waals surface area contributed by atoms with Crippen LogP contribution in [0.2, 0.25) is 0 Å². The summed E-state index contributed by atoms with van der Waals surface area (Å²) in [4.78, 5) is 20.4. The van der Waals surface area contributed by atoms with Crippen molar-refractivity contribution in [2.45, 2.75) is 45.1 Å². The first-order chi connectivity index (χ1) is 17.2. The molecule has 0 saturated heterocycles. The minimum atomic E-state index is -3.60. The first-order valence-corrected chi connectivity index (χ1v) is 14.3. The summed E-state index contributed by atoms with van der Waals surface area (Å²) in [7, 11) is -2.02. The molecule has 0 radical (unpaired) electrons. The molecule has 0 saturated carbocycles. The average molecular weight is 522 g/mol. The number of carbonyl (C=O) groups is 1. The molecule has 36 heavy (non-hydrogen) atoms. The van der Waals surface area contributed by atoms with Gasteiger partial charge in [0, 0.05) is 19.2 Å². The molecule has 1 aromatic heterocycles. The van der Waals surface area contributed by atoms with Crippen molar-refractivity contribution in [3.05, 3.63) is 89.0 Å². The number of carbonyl (C=O) groups excluding carboxylic acids is 1. The van der Waals surface area contributed by atoms with Gasteiger partial charge < -0.3 is 0 Å². The van der Waals surface area contributed by atoms with E-state index < -0.39 is 10.0 Å². The maximum Gasteiger partial charge on any atom is 0.260 e. The molecule has 0 spiro atoms. The van der Waals surface area contributed by atoms with E-state index >= 15 is 0 Å². The summed E-state index contributed by atoms with van der Waals surface area (Å²) in [6, 6.07) is 20.2. The predicted octanol–water partition coefficient (Wildman–Crippen LogP) is 6.18. The van der Waals surface area contributed by atoms with Crippen molar-refractivity contribution in [2.75, 3.05) is 18.5 Å². The number of hydrogen-bond acceptors (Lipinski definition) is 5. The van der Waals surface area contributed by atoms with Crippen LogP contribution < -0.4 is 4.90 Å². The smallest absolute Gasteiger partial charge is 0.260 e. The zero-order chi connectivity index (χ0) is 25.9. The number of thiazole rings is 1. The first kappa shape index (κ1) is 26.0. The number of amides is 1. The fraction of sp³-hybridized carbons (Fsp3) is 0.286. The second kappa shape index (κ2) is 10.9. The Morgan fingerprint density at radius 3 is 2.36 bits per heavy atom. The van der Waals surface area contributed by atoms with E-state index in [1.807, 2.05) is 51.1 Å². The fourth-order valence-corrected chi connectivity index (χ4v) is 6.42. The number of unbranched alkanes of at least 4 members (excludes halogenated alkanes) is 1. The van der Waals surface area contributed by atoms with E-state index in [4.69, 9.17) is 4.98 Å². The van der Waals surface area contributed by atoms with Crippen LogP contribution in [-0.4, -0.2) is 37.2 Å². The van der Waals surface area contributed by atoms with Crippen LogP contribution >= 0.6 is 11.3 Å². The Bertz CT molecular complexity index is 1460. The van der Waals surface area contributed by atoms with Crippen molar-refractivity contribution in [1.29, 1.82) is 0 Å². The summed E-state index contributed by atoms with van der Waals surface area (Å²) in [6.07, 6.45) is 1.71. The molecular weight excluding hydrogens is 490 g/mol. The highest BCUT2D eigenvalue weighted by Gasteiger charge is 2.24. The van der Waals surface area contributed by atoms with Crippen LogP contribution in [0.5, 0.6) is 0 Å². The molecule has 4 rings (SSSR count). The van der Waals surface area contributed by atoms with Gasteiger partial charge in [0.2, 0.25) is 10.0 Å². The zero-order valence-electron chi connectivity index (χ0n) is 21.1. The highest BCUT2D eigenvalue weighted by atomic mass is 32.2. The number of aryl methyl sites for hydroxylation is 2. The topological polar surface area (TPSA) is 70.6 Å². The molecule has 0 atom stereocenters. The van der Waals surface area contributed by atoms with Crippen molar-refractivity contribution in [2.24, 2.45) is 0 Å². The van der Waals surface area contributed by atoms with Crippen LogP contribution in [0.25, 0.3) is 10.2 Å². The minimum absolute atomic E-state index is 0.179. The molecule has 0 fully saturated rings. The summed E-state index contributed by atoms with van der Waals surface area (Å²) in [6.45, 7) is 6.92. The van der Waals surface area contributed by atoms with E-state index in [2.05, 4.69) is 12.1 Å². The first-order valence-electron chi connectivity index (χ1n) is 12.0. The Hall–Kier alpha value is -3.07. The minimum Gasteiger partial charge on any atom is -0.279 e. The van der Waals surface area contributed by atoms with Gasteiger partial charge >= 0.3 is 0 Å². The summed E-state index contributed by atoms with van der Waals surface area (Å²) in [5.41, 5.74) is 4.50. The third-order valence-electron chi connectivity index (χ3n) is 6.11. The molecule has 8 heteroatoms.